The van der Waals surface area contributed by atoms with E-state index < -0.39 is 81.7 Å². The number of carboxylic acid groups (broad SMARTS) is 4. The number of aromatic carboxylic acids is 4. The van der Waals surface area contributed by atoms with Crippen LogP contribution in [-0.4, -0.2) is 55.9 Å². The van der Waals surface area contributed by atoms with Gasteiger partial charge in [-0.3, -0.25) is 9.59 Å². The Bertz CT molecular complexity index is 1570. The molecule has 0 spiro atoms. The Balaban J connectivity index is 3.08. The molecule has 4 N–H and O–H groups in total. The summed E-state index contributed by atoms with van der Waals surface area (Å²) in [6.07, 6.45) is 22.9. The maximum absolute atomic E-state index is 13.3. The van der Waals surface area contributed by atoms with Gasteiger partial charge in [-0.1, -0.05) is 153 Å². The van der Waals surface area contributed by atoms with Gasteiger partial charge in [0.25, 0.3) is 0 Å². The molecule has 0 atom stereocenters. The fourth-order valence-electron chi connectivity index (χ4n) is 6.29. The summed E-state index contributed by atoms with van der Waals surface area (Å²) in [5.41, 5.74) is -7.68. The van der Waals surface area contributed by atoms with E-state index in [-0.39, 0.29) is 0 Å². The van der Waals surface area contributed by atoms with Gasteiger partial charge in [-0.15, -0.1) is 0 Å². The van der Waals surface area contributed by atoms with E-state index in [0.29, 0.717) is 12.8 Å². The van der Waals surface area contributed by atoms with Gasteiger partial charge < -0.3 is 20.4 Å². The lowest BCUT2D eigenvalue weighted by atomic mass is 9.82. The van der Waals surface area contributed by atoms with Crippen LogP contribution in [-0.2, 0) is 0 Å². The van der Waals surface area contributed by atoms with Crippen molar-refractivity contribution >= 4 is 35.4 Å². The maximum atomic E-state index is 13.3. The summed E-state index contributed by atoms with van der Waals surface area (Å²) in [5.74, 6) is 9.89. The summed E-state index contributed by atoms with van der Waals surface area (Å²) in [6.45, 7) is 4.39. The van der Waals surface area contributed by atoms with Crippen molar-refractivity contribution in [3.8, 4) is 47.4 Å². The van der Waals surface area contributed by atoms with Crippen molar-refractivity contribution in [2.45, 2.75) is 168 Å². The lowest BCUT2D eigenvalue weighted by Gasteiger charge is -2.18. The number of hydrogen-bond donors (Lipinski definition) is 4. The first-order chi connectivity index (χ1) is 27.0. The van der Waals surface area contributed by atoms with Crippen LogP contribution < -0.4 is 0 Å². The summed E-state index contributed by atoms with van der Waals surface area (Å²) < 4.78 is 0. The first kappa shape index (κ1) is 48.7. The van der Waals surface area contributed by atoms with Crippen LogP contribution in [0.15, 0.2) is 0 Å². The number of carboxylic acids is 4. The van der Waals surface area contributed by atoms with E-state index in [1.807, 2.05) is 0 Å². The highest BCUT2D eigenvalue weighted by atomic mass is 16.4. The Kier molecular flexibility index (Phi) is 26.1. The first-order valence-electron chi connectivity index (χ1n) is 20.2. The first-order valence-corrected chi connectivity index (χ1v) is 20.2. The third-order valence-corrected chi connectivity index (χ3v) is 9.20. The second-order valence-electron chi connectivity index (χ2n) is 13.7. The Labute approximate surface area is 332 Å². The zero-order chi connectivity index (χ0) is 41.6. The predicted octanol–water partition coefficient (Wildman–Crippen LogP) is 10.3. The fraction of sp³-hybridized carbons (Fsp3) is 0.565. The van der Waals surface area contributed by atoms with Crippen LogP contribution in [0.2, 0.25) is 0 Å². The van der Waals surface area contributed by atoms with Crippen LogP contribution in [0.25, 0.3) is 0 Å². The molecule has 0 amide bonds. The van der Waals surface area contributed by atoms with Gasteiger partial charge in [-0.25, -0.2) is 19.2 Å². The number of carbonyl (C=O) groups is 6. The molecule has 0 saturated heterocycles. The van der Waals surface area contributed by atoms with Gasteiger partial charge in [-0.05, 0) is 36.5 Å². The summed E-state index contributed by atoms with van der Waals surface area (Å²) in [6, 6.07) is 0. The van der Waals surface area contributed by atoms with E-state index >= 15 is 0 Å². The second-order valence-corrected chi connectivity index (χ2v) is 13.7. The van der Waals surface area contributed by atoms with E-state index in [1.54, 1.807) is 0 Å². The van der Waals surface area contributed by atoms with Gasteiger partial charge in [0.1, 0.15) is 0 Å². The van der Waals surface area contributed by atoms with Crippen LogP contribution in [0, 0.1) is 47.4 Å². The number of Topliss-reactive ketones (excluding diaryl/α,β-unsaturated/α-hetero) is 2. The normalized spacial score (nSPS) is 10.0. The van der Waals surface area contributed by atoms with Crippen LogP contribution in [0.3, 0.4) is 0 Å². The molecule has 0 aromatic heterocycles. The van der Waals surface area contributed by atoms with Gasteiger partial charge in [0.2, 0.25) is 0 Å². The average molecular weight is 771 g/mol. The molecular weight excluding hydrogens is 712 g/mol. The molecule has 0 heterocycles. The summed E-state index contributed by atoms with van der Waals surface area (Å²) >= 11 is 0. The molecule has 1 aromatic rings. The van der Waals surface area contributed by atoms with E-state index in [4.69, 9.17) is 0 Å². The Morgan fingerprint density at radius 2 is 0.571 bits per heavy atom. The highest BCUT2D eigenvalue weighted by Gasteiger charge is 2.39. The monoisotopic (exact) mass is 770 g/mol. The molecule has 0 aliphatic carbocycles. The highest BCUT2D eigenvalue weighted by Crippen LogP contribution is 2.32. The Hall–Kier alpha value is -5.32. The largest absolute Gasteiger partial charge is 0.478 e. The quantitative estimate of drug-likeness (QED) is 0.0363. The zero-order valence-electron chi connectivity index (χ0n) is 33.2. The number of hydrogen-bond acceptors (Lipinski definition) is 6. The SMILES string of the molecule is CCCCCCCCCCCCC#CC#CCC(=O)c1c(C(=O)O)c(C(=O)O)c(C(=O)CC#CC#CCCCCCCCCCCCC)c(C(=O)O)c1C(=O)O. The van der Waals surface area contributed by atoms with Gasteiger partial charge >= 0.3 is 23.9 Å². The minimum atomic E-state index is -2.05. The van der Waals surface area contributed by atoms with E-state index in [9.17, 15) is 49.2 Å². The van der Waals surface area contributed by atoms with Crippen LogP contribution in [0.4, 0.5) is 0 Å². The van der Waals surface area contributed by atoms with Gasteiger partial charge in [0.15, 0.2) is 11.6 Å². The third kappa shape index (κ3) is 18.8. The molecule has 0 unspecified atom stereocenters. The molecule has 0 aliphatic heterocycles. The zero-order valence-corrected chi connectivity index (χ0v) is 33.2. The molecule has 0 saturated carbocycles. The molecule has 1 rings (SSSR count). The lowest BCUT2D eigenvalue weighted by Crippen LogP contribution is -2.28. The smallest absolute Gasteiger partial charge is 0.337 e. The Morgan fingerprint density at radius 1 is 0.339 bits per heavy atom. The van der Waals surface area contributed by atoms with Gasteiger partial charge in [-0.2, -0.15) is 0 Å². The maximum Gasteiger partial charge on any atom is 0.337 e. The molecule has 0 bridgehead atoms. The number of benzene rings is 1. The molecule has 10 nitrogen and oxygen atoms in total. The number of carbonyl (C=O) groups excluding carboxylic acids is 2. The molecular formula is C46H58O10. The summed E-state index contributed by atoms with van der Waals surface area (Å²) in [5, 5.41) is 40.1. The van der Waals surface area contributed by atoms with Crippen molar-refractivity contribution < 1.29 is 49.2 Å². The second kappa shape index (κ2) is 30.0. The topological polar surface area (TPSA) is 183 Å². The molecule has 0 fully saturated rings. The third-order valence-electron chi connectivity index (χ3n) is 9.20. The number of ketones is 2. The van der Waals surface area contributed by atoms with E-state index in [1.165, 1.54) is 89.9 Å². The average Bonchev–Trinajstić information content (AvgIpc) is 3.16. The minimum absolute atomic E-state index is 0.571. The van der Waals surface area contributed by atoms with E-state index in [0.717, 1.165) is 38.5 Å². The van der Waals surface area contributed by atoms with E-state index in [2.05, 4.69) is 61.2 Å². The van der Waals surface area contributed by atoms with Gasteiger partial charge in [0, 0.05) is 24.0 Å². The molecule has 56 heavy (non-hydrogen) atoms. The fourth-order valence-corrected chi connectivity index (χ4v) is 6.29. The van der Waals surface area contributed by atoms with Crippen molar-refractivity contribution in [3.63, 3.8) is 0 Å². The van der Waals surface area contributed by atoms with Crippen molar-refractivity contribution in [2.75, 3.05) is 0 Å². The predicted molar refractivity (Wildman–Crippen MR) is 216 cm³/mol. The molecule has 0 radical (unpaired) electrons. The summed E-state index contributed by atoms with van der Waals surface area (Å²) in [4.78, 5) is 76.3. The number of rotatable bonds is 28. The molecule has 10 heteroatoms. The molecule has 302 valence electrons. The van der Waals surface area contributed by atoms with Crippen LogP contribution in [0.5, 0.6) is 0 Å². The number of unbranched alkanes of at least 4 members (excludes halogenated alkanes) is 20. The van der Waals surface area contributed by atoms with Crippen LogP contribution in [0.1, 0.15) is 230 Å². The van der Waals surface area contributed by atoms with Crippen LogP contribution >= 0.6 is 0 Å². The molecule has 1 aromatic carbocycles. The highest BCUT2D eigenvalue weighted by molar-refractivity contribution is 6.25. The summed E-state index contributed by atoms with van der Waals surface area (Å²) in [7, 11) is 0. The van der Waals surface area contributed by atoms with Crippen molar-refractivity contribution in [2.24, 2.45) is 0 Å². The van der Waals surface area contributed by atoms with Crippen molar-refractivity contribution in [3.05, 3.63) is 33.4 Å². The van der Waals surface area contributed by atoms with Crippen molar-refractivity contribution in [1.82, 2.24) is 0 Å². The Morgan fingerprint density at radius 3 is 0.821 bits per heavy atom. The standard InChI is InChI=1S/C46H58O10/c1-3-5-7-9-11-13-15-17-19-21-23-25-27-29-31-33-35(47)37-39(43(49)50)41(45(53)54)38(42(46(55)56)40(37)44(51)52)36(48)34-32-30-28-26-24-22-20-18-16-14-12-10-8-6-4-2/h3-24,33-34H2,1-2H3,(H,49,50)(H,51,52)(H,53,54)(H,55,56). The van der Waals surface area contributed by atoms with Gasteiger partial charge in [0.05, 0.1) is 35.1 Å². The lowest BCUT2D eigenvalue weighted by molar-refractivity contribution is 0.0628. The van der Waals surface area contributed by atoms with Crippen molar-refractivity contribution in [1.29, 1.82) is 0 Å². The minimum Gasteiger partial charge on any atom is -0.478 e. The molecule has 0 aliphatic rings.